The van der Waals surface area contributed by atoms with Crippen LogP contribution in [0.2, 0.25) is 0 Å². The molecule has 0 bridgehead atoms. The van der Waals surface area contributed by atoms with Gasteiger partial charge >= 0.3 is 0 Å². The second kappa shape index (κ2) is 10.3. The van der Waals surface area contributed by atoms with Crippen LogP contribution in [0.15, 0.2) is 57.9 Å². The number of pyridine rings is 1. The summed E-state index contributed by atoms with van der Waals surface area (Å²) in [5.74, 6) is -1.43. The van der Waals surface area contributed by atoms with Gasteiger partial charge in [-0.05, 0) is 55.3 Å². The Labute approximate surface area is 186 Å². The molecule has 162 valence electrons. The predicted molar refractivity (Wildman–Crippen MR) is 119 cm³/mol. The smallest absolute Gasteiger partial charge is 0.261 e. The molecule has 2 amide bonds. The number of hydrogen-bond acceptors (Lipinski definition) is 4. The molecular weight excluding hydrogens is 469 g/mol. The molecule has 0 atom stereocenters. The van der Waals surface area contributed by atoms with E-state index in [9.17, 15) is 18.8 Å². The van der Waals surface area contributed by atoms with Crippen molar-refractivity contribution in [1.82, 2.24) is 10.0 Å². The number of hydroxylamine groups is 1. The van der Waals surface area contributed by atoms with Crippen molar-refractivity contribution in [3.05, 3.63) is 74.7 Å². The number of nitrogens with zero attached hydrogens (tertiary/aromatic N) is 1. The first-order chi connectivity index (χ1) is 14.9. The molecule has 0 saturated heterocycles. The third kappa shape index (κ3) is 5.77. The molecule has 1 aromatic heterocycles. The van der Waals surface area contributed by atoms with Crippen molar-refractivity contribution in [1.29, 1.82) is 0 Å². The van der Waals surface area contributed by atoms with E-state index in [4.69, 9.17) is 5.21 Å². The number of aromatic nitrogens is 1. The number of halogens is 2. The Balaban J connectivity index is 1.86. The van der Waals surface area contributed by atoms with E-state index in [2.05, 4.69) is 21.2 Å². The molecule has 3 aromatic rings. The normalized spacial score (nSPS) is 10.8. The van der Waals surface area contributed by atoms with Crippen LogP contribution in [0.25, 0.3) is 10.9 Å². The molecular formula is C22H21BrFN3O4. The molecule has 0 aliphatic heterocycles. The van der Waals surface area contributed by atoms with Crippen LogP contribution < -0.4 is 16.2 Å². The van der Waals surface area contributed by atoms with Crippen molar-refractivity contribution in [2.45, 2.75) is 32.2 Å². The summed E-state index contributed by atoms with van der Waals surface area (Å²) in [5.41, 5.74) is 2.27. The van der Waals surface area contributed by atoms with Gasteiger partial charge in [-0.1, -0.05) is 22.4 Å². The highest BCUT2D eigenvalue weighted by Gasteiger charge is 2.16. The first-order valence-electron chi connectivity index (χ1n) is 9.71. The number of fused-ring (bicyclic) bond motifs is 1. The molecule has 1 heterocycles. The zero-order valence-electron chi connectivity index (χ0n) is 16.5. The minimum absolute atomic E-state index is 0.0150. The van der Waals surface area contributed by atoms with E-state index >= 15 is 0 Å². The molecule has 9 heteroatoms. The first kappa shape index (κ1) is 22.6. The fraction of sp³-hybridized carbons (Fsp3) is 0.227. The molecule has 7 nitrogen and oxygen atoms in total. The summed E-state index contributed by atoms with van der Waals surface area (Å²) in [6.45, 7) is 0.533. The van der Waals surface area contributed by atoms with Crippen molar-refractivity contribution in [3.63, 3.8) is 0 Å². The summed E-state index contributed by atoms with van der Waals surface area (Å²) in [7, 11) is 0. The zero-order valence-corrected chi connectivity index (χ0v) is 18.1. The van der Waals surface area contributed by atoms with Crippen LogP contribution >= 0.6 is 15.9 Å². The maximum absolute atomic E-state index is 13.1. The lowest BCUT2D eigenvalue weighted by atomic mass is 10.1. The fourth-order valence-electron chi connectivity index (χ4n) is 3.24. The second-order valence-corrected chi connectivity index (χ2v) is 7.95. The monoisotopic (exact) mass is 489 g/mol. The fourth-order valence-corrected chi connectivity index (χ4v) is 3.59. The van der Waals surface area contributed by atoms with Gasteiger partial charge in [0, 0.05) is 34.7 Å². The number of anilines is 1. The number of unbranched alkanes of at least 4 members (excludes halogenated alkanes) is 2. The van der Waals surface area contributed by atoms with Gasteiger partial charge in [-0.15, -0.1) is 0 Å². The number of hydrogen-bond donors (Lipinski definition) is 3. The summed E-state index contributed by atoms with van der Waals surface area (Å²) in [5, 5.41) is 11.6. The van der Waals surface area contributed by atoms with E-state index in [0.717, 1.165) is 10.9 Å². The first-order valence-corrected chi connectivity index (χ1v) is 10.5. The number of rotatable bonds is 8. The summed E-state index contributed by atoms with van der Waals surface area (Å²) >= 11 is 3.41. The van der Waals surface area contributed by atoms with Crippen LogP contribution in [-0.4, -0.2) is 21.6 Å². The highest BCUT2D eigenvalue weighted by molar-refractivity contribution is 9.10. The maximum Gasteiger partial charge on any atom is 0.261 e. The molecule has 31 heavy (non-hydrogen) atoms. The molecule has 0 radical (unpaired) electrons. The number of nitrogens with one attached hydrogen (secondary N) is 2. The number of benzene rings is 2. The topological polar surface area (TPSA) is 100 Å². The van der Waals surface area contributed by atoms with Crippen molar-refractivity contribution < 1.29 is 19.2 Å². The molecule has 0 unspecified atom stereocenters. The van der Waals surface area contributed by atoms with E-state index in [1.54, 1.807) is 17.6 Å². The van der Waals surface area contributed by atoms with Gasteiger partial charge in [0.25, 0.3) is 5.91 Å². The van der Waals surface area contributed by atoms with Gasteiger partial charge < -0.3 is 9.88 Å². The van der Waals surface area contributed by atoms with E-state index in [1.165, 1.54) is 30.5 Å². The largest absolute Gasteiger partial charge is 0.346 e. The lowest BCUT2D eigenvalue weighted by Crippen LogP contribution is -2.24. The highest BCUT2D eigenvalue weighted by atomic mass is 79.9. The van der Waals surface area contributed by atoms with E-state index in [0.29, 0.717) is 36.0 Å². The Kier molecular flexibility index (Phi) is 7.54. The Morgan fingerprint density at radius 2 is 1.81 bits per heavy atom. The van der Waals surface area contributed by atoms with Gasteiger partial charge in [0.2, 0.25) is 11.3 Å². The average molecular weight is 490 g/mol. The van der Waals surface area contributed by atoms with Crippen LogP contribution in [0.5, 0.6) is 0 Å². The molecule has 0 saturated carbocycles. The number of carbonyl (C=O) groups excluding carboxylic acids is 2. The second-order valence-electron chi connectivity index (χ2n) is 7.03. The van der Waals surface area contributed by atoms with E-state index < -0.39 is 23.1 Å². The van der Waals surface area contributed by atoms with Crippen LogP contribution in [0.3, 0.4) is 0 Å². The van der Waals surface area contributed by atoms with Gasteiger partial charge in [-0.3, -0.25) is 19.6 Å². The third-order valence-electron chi connectivity index (χ3n) is 4.82. The quantitative estimate of drug-likeness (QED) is 0.250. The van der Waals surface area contributed by atoms with Crippen molar-refractivity contribution in [2.24, 2.45) is 0 Å². The standard InChI is InChI=1S/C22H21BrFN3O4/c23-14-5-10-17-19(12-14)27(11-3-1-2-4-20(28)26-31)13-18(21(17)29)22(30)25-16-8-6-15(24)7-9-16/h5-10,12-13,31H,1-4,11H2,(H,25,30)(H,26,28). The molecule has 3 rings (SSSR count). The molecule has 0 aliphatic rings. The van der Waals surface area contributed by atoms with Crippen molar-refractivity contribution in [3.8, 4) is 0 Å². The van der Waals surface area contributed by atoms with Crippen molar-refractivity contribution >= 4 is 44.3 Å². The van der Waals surface area contributed by atoms with Gasteiger partial charge in [0.1, 0.15) is 11.4 Å². The lowest BCUT2D eigenvalue weighted by molar-refractivity contribution is -0.129. The van der Waals surface area contributed by atoms with Crippen LogP contribution in [0, 0.1) is 5.82 Å². The van der Waals surface area contributed by atoms with Gasteiger partial charge in [-0.25, -0.2) is 9.87 Å². The summed E-state index contributed by atoms with van der Waals surface area (Å²) in [6.07, 6.45) is 3.79. The van der Waals surface area contributed by atoms with Crippen LogP contribution in [-0.2, 0) is 11.3 Å². The summed E-state index contributed by atoms with van der Waals surface area (Å²) < 4.78 is 15.7. The maximum atomic E-state index is 13.1. The Bertz CT molecular complexity index is 1160. The molecule has 0 fully saturated rings. The number of carbonyl (C=O) groups is 2. The number of amides is 2. The molecule has 3 N–H and O–H groups in total. The Morgan fingerprint density at radius 3 is 2.52 bits per heavy atom. The highest BCUT2D eigenvalue weighted by Crippen LogP contribution is 2.20. The average Bonchev–Trinajstić information content (AvgIpc) is 2.76. The Hall–Kier alpha value is -3.04. The van der Waals surface area contributed by atoms with Gasteiger partial charge in [0.15, 0.2) is 0 Å². The van der Waals surface area contributed by atoms with E-state index in [1.807, 2.05) is 10.6 Å². The zero-order chi connectivity index (χ0) is 22.4. The van der Waals surface area contributed by atoms with Crippen LogP contribution in [0.1, 0.15) is 36.0 Å². The van der Waals surface area contributed by atoms with Gasteiger partial charge in [-0.2, -0.15) is 0 Å². The third-order valence-corrected chi connectivity index (χ3v) is 5.31. The van der Waals surface area contributed by atoms with E-state index in [-0.39, 0.29) is 12.0 Å². The Morgan fingerprint density at radius 1 is 1.06 bits per heavy atom. The predicted octanol–water partition coefficient (Wildman–Crippen LogP) is 4.22. The number of aryl methyl sites for hydroxylation is 1. The molecule has 0 aliphatic carbocycles. The minimum Gasteiger partial charge on any atom is -0.346 e. The summed E-state index contributed by atoms with van der Waals surface area (Å²) in [6, 6.07) is 10.5. The molecule has 2 aromatic carbocycles. The SMILES string of the molecule is O=C(CCCCCn1cc(C(=O)Nc2ccc(F)cc2)c(=O)c2ccc(Br)cc21)NO. The van der Waals surface area contributed by atoms with Gasteiger partial charge in [0.05, 0.1) is 5.52 Å². The lowest BCUT2D eigenvalue weighted by Gasteiger charge is -2.14. The van der Waals surface area contributed by atoms with Crippen molar-refractivity contribution in [2.75, 3.05) is 5.32 Å². The minimum atomic E-state index is -0.574. The summed E-state index contributed by atoms with van der Waals surface area (Å²) in [4.78, 5) is 36.8. The van der Waals surface area contributed by atoms with Crippen LogP contribution in [0.4, 0.5) is 10.1 Å². The molecule has 0 spiro atoms.